The minimum atomic E-state index is 0.763. The summed E-state index contributed by atoms with van der Waals surface area (Å²) in [6.45, 7) is 0.935. The van der Waals surface area contributed by atoms with Gasteiger partial charge in [0.1, 0.15) is 6.33 Å². The van der Waals surface area contributed by atoms with Gasteiger partial charge in [0.2, 0.25) is 0 Å². The van der Waals surface area contributed by atoms with Gasteiger partial charge in [-0.25, -0.2) is 4.98 Å². The lowest BCUT2D eigenvalue weighted by molar-refractivity contribution is 0.764. The Balaban J connectivity index is 2.50. The van der Waals surface area contributed by atoms with E-state index in [-0.39, 0.29) is 0 Å². The van der Waals surface area contributed by atoms with Crippen LogP contribution in [0.2, 0.25) is 0 Å². The fourth-order valence-electron chi connectivity index (χ4n) is 1.07. The van der Waals surface area contributed by atoms with Crippen LogP contribution in [-0.2, 0) is 6.42 Å². The van der Waals surface area contributed by atoms with Crippen LogP contribution in [0.1, 0.15) is 5.69 Å². The first kappa shape index (κ1) is 5.85. The van der Waals surface area contributed by atoms with Crippen molar-refractivity contribution in [3.8, 4) is 0 Å². The first-order valence-electron chi connectivity index (χ1n) is 3.17. The molecule has 0 bridgehead atoms. The first-order valence-corrected chi connectivity index (χ1v) is 3.58. The van der Waals surface area contributed by atoms with Gasteiger partial charge in [0.15, 0.2) is 5.11 Å². The fraction of sp³-hybridized carbons (Fsp3) is 0.333. The maximum atomic E-state index is 5.03. The molecule has 0 saturated heterocycles. The maximum absolute atomic E-state index is 5.03. The summed E-state index contributed by atoms with van der Waals surface area (Å²) in [7, 11) is 0. The molecule has 0 saturated carbocycles. The molecular formula is C6H7N3S. The lowest BCUT2D eigenvalue weighted by Gasteiger charge is -2.16. The van der Waals surface area contributed by atoms with Gasteiger partial charge in [-0.2, -0.15) is 0 Å². The van der Waals surface area contributed by atoms with Crippen LogP contribution in [-0.4, -0.2) is 21.2 Å². The van der Waals surface area contributed by atoms with Gasteiger partial charge < -0.3 is 5.32 Å². The van der Waals surface area contributed by atoms with Gasteiger partial charge in [0.05, 0.1) is 0 Å². The van der Waals surface area contributed by atoms with Gasteiger partial charge in [-0.3, -0.25) is 4.57 Å². The van der Waals surface area contributed by atoms with E-state index in [1.165, 1.54) is 5.69 Å². The van der Waals surface area contributed by atoms with Gasteiger partial charge in [0.25, 0.3) is 0 Å². The second-order valence-corrected chi connectivity index (χ2v) is 2.62. The van der Waals surface area contributed by atoms with E-state index in [1.54, 1.807) is 6.33 Å². The van der Waals surface area contributed by atoms with Crippen molar-refractivity contribution in [2.75, 3.05) is 6.54 Å². The standard InChI is InChI=1S/C6H7N3S/c10-6-8-2-1-5-3-7-4-9(5)6/h3-4H,1-2H2,(H,8,10). The van der Waals surface area contributed by atoms with Crippen molar-refractivity contribution in [3.05, 3.63) is 18.2 Å². The van der Waals surface area contributed by atoms with Gasteiger partial charge in [-0.15, -0.1) is 0 Å². The Morgan fingerprint density at radius 2 is 2.60 bits per heavy atom. The predicted octanol–water partition coefficient (Wildman–Crippen LogP) is 0.162. The summed E-state index contributed by atoms with van der Waals surface area (Å²) in [5.41, 5.74) is 1.20. The van der Waals surface area contributed by atoms with Gasteiger partial charge in [-0.05, 0) is 12.2 Å². The van der Waals surface area contributed by atoms with Crippen molar-refractivity contribution in [1.82, 2.24) is 14.9 Å². The Kier molecular flexibility index (Phi) is 1.20. The van der Waals surface area contributed by atoms with Crippen molar-refractivity contribution >= 4 is 17.3 Å². The molecule has 0 spiro atoms. The van der Waals surface area contributed by atoms with Crippen molar-refractivity contribution in [1.29, 1.82) is 0 Å². The van der Waals surface area contributed by atoms with Crippen LogP contribution >= 0.6 is 12.2 Å². The number of aromatic nitrogens is 2. The van der Waals surface area contributed by atoms with Crippen molar-refractivity contribution < 1.29 is 0 Å². The minimum Gasteiger partial charge on any atom is -0.362 e. The number of hydrogen-bond donors (Lipinski definition) is 1. The molecule has 3 nitrogen and oxygen atoms in total. The minimum absolute atomic E-state index is 0.763. The molecule has 0 aliphatic carbocycles. The van der Waals surface area contributed by atoms with Crippen LogP contribution in [0.25, 0.3) is 0 Å². The highest BCUT2D eigenvalue weighted by Gasteiger charge is 2.10. The molecule has 4 heteroatoms. The molecular weight excluding hydrogens is 146 g/mol. The van der Waals surface area contributed by atoms with E-state index >= 15 is 0 Å². The summed E-state index contributed by atoms with van der Waals surface area (Å²) in [5.74, 6) is 0. The highest BCUT2D eigenvalue weighted by atomic mass is 32.1. The molecule has 52 valence electrons. The first-order chi connectivity index (χ1) is 4.88. The van der Waals surface area contributed by atoms with Crippen LogP contribution in [0.4, 0.5) is 0 Å². The molecule has 0 amide bonds. The Morgan fingerprint density at radius 1 is 1.70 bits per heavy atom. The third-order valence-electron chi connectivity index (χ3n) is 1.59. The van der Waals surface area contributed by atoms with E-state index in [2.05, 4.69) is 10.3 Å². The lowest BCUT2D eigenvalue weighted by atomic mass is 10.3. The van der Waals surface area contributed by atoms with Crippen LogP contribution in [0.15, 0.2) is 12.5 Å². The molecule has 1 N–H and O–H groups in total. The summed E-state index contributed by atoms with van der Waals surface area (Å²) in [4.78, 5) is 3.99. The van der Waals surface area contributed by atoms with E-state index in [9.17, 15) is 0 Å². The van der Waals surface area contributed by atoms with E-state index in [0.717, 1.165) is 18.1 Å². The maximum Gasteiger partial charge on any atom is 0.178 e. The molecule has 0 aromatic carbocycles. The van der Waals surface area contributed by atoms with Crippen molar-refractivity contribution in [3.63, 3.8) is 0 Å². The van der Waals surface area contributed by atoms with Gasteiger partial charge >= 0.3 is 0 Å². The average Bonchev–Trinajstić information content (AvgIpc) is 2.36. The van der Waals surface area contributed by atoms with Crippen molar-refractivity contribution in [2.45, 2.75) is 6.42 Å². The van der Waals surface area contributed by atoms with Crippen LogP contribution in [0.3, 0.4) is 0 Å². The third-order valence-corrected chi connectivity index (χ3v) is 1.93. The normalized spacial score (nSPS) is 16.2. The highest BCUT2D eigenvalue weighted by molar-refractivity contribution is 7.80. The van der Waals surface area contributed by atoms with Crippen molar-refractivity contribution in [2.24, 2.45) is 0 Å². The Morgan fingerprint density at radius 3 is 3.40 bits per heavy atom. The SMILES string of the molecule is S=C1NCCc2cncn21. The molecule has 0 radical (unpaired) electrons. The highest BCUT2D eigenvalue weighted by Crippen LogP contribution is 2.03. The topological polar surface area (TPSA) is 29.9 Å². The number of rotatable bonds is 0. The monoisotopic (exact) mass is 153 g/mol. The summed E-state index contributed by atoms with van der Waals surface area (Å²) in [6, 6.07) is 0. The van der Waals surface area contributed by atoms with Crippen LogP contribution < -0.4 is 5.32 Å². The lowest BCUT2D eigenvalue weighted by Crippen LogP contribution is -2.35. The number of fused-ring (bicyclic) bond motifs is 1. The van der Waals surface area contributed by atoms with E-state index in [4.69, 9.17) is 12.2 Å². The Bertz CT molecular complexity index is 266. The molecule has 2 heterocycles. The fourth-order valence-corrected chi connectivity index (χ4v) is 1.34. The summed E-state index contributed by atoms with van der Waals surface area (Å²) in [6.07, 6.45) is 4.61. The molecule has 10 heavy (non-hydrogen) atoms. The molecule has 1 aliphatic heterocycles. The van der Waals surface area contributed by atoms with Crippen LogP contribution in [0.5, 0.6) is 0 Å². The van der Waals surface area contributed by atoms with Gasteiger partial charge in [-0.1, -0.05) is 0 Å². The number of hydrogen-bond acceptors (Lipinski definition) is 2. The molecule has 0 atom stereocenters. The molecule has 1 aromatic heterocycles. The zero-order valence-corrected chi connectivity index (χ0v) is 6.19. The number of thiocarbonyl (C=S) groups is 1. The Hall–Kier alpha value is -0.900. The summed E-state index contributed by atoms with van der Waals surface area (Å²) < 4.78 is 1.90. The zero-order valence-electron chi connectivity index (χ0n) is 5.37. The molecule has 2 rings (SSSR count). The number of nitrogens with one attached hydrogen (secondary N) is 1. The third kappa shape index (κ3) is 0.724. The summed E-state index contributed by atoms with van der Waals surface area (Å²) >= 11 is 5.03. The van der Waals surface area contributed by atoms with E-state index in [0.29, 0.717) is 0 Å². The van der Waals surface area contributed by atoms with E-state index in [1.807, 2.05) is 10.8 Å². The van der Waals surface area contributed by atoms with Crippen LogP contribution in [0, 0.1) is 0 Å². The second kappa shape index (κ2) is 2.05. The molecule has 0 fully saturated rings. The largest absolute Gasteiger partial charge is 0.362 e. The molecule has 0 unspecified atom stereocenters. The van der Waals surface area contributed by atoms with Gasteiger partial charge in [0, 0.05) is 24.9 Å². The Labute approximate surface area is 64.1 Å². The van der Waals surface area contributed by atoms with E-state index < -0.39 is 0 Å². The number of imidazole rings is 1. The quantitative estimate of drug-likeness (QED) is 0.538. The summed E-state index contributed by atoms with van der Waals surface area (Å²) in [5, 5.41) is 3.84. The molecule has 1 aromatic rings. The zero-order chi connectivity index (χ0) is 6.97. The molecule has 1 aliphatic rings. The average molecular weight is 153 g/mol. The smallest absolute Gasteiger partial charge is 0.178 e. The second-order valence-electron chi connectivity index (χ2n) is 2.24. The predicted molar refractivity (Wildman–Crippen MR) is 41.9 cm³/mol. The number of nitrogens with zero attached hydrogens (tertiary/aromatic N) is 2.